The summed E-state index contributed by atoms with van der Waals surface area (Å²) in [4.78, 5) is 14.0. The molecule has 0 spiro atoms. The zero-order valence-corrected chi connectivity index (χ0v) is 15.1. The van der Waals surface area contributed by atoms with Crippen LogP contribution in [-0.4, -0.2) is 24.9 Å². The Hall–Kier alpha value is -2.39. The van der Waals surface area contributed by atoms with Gasteiger partial charge in [0, 0.05) is 6.54 Å². The van der Waals surface area contributed by atoms with Gasteiger partial charge in [-0.3, -0.25) is 4.79 Å². The maximum Gasteiger partial charge on any atom is 0.244 e. The Morgan fingerprint density at radius 3 is 2.40 bits per heavy atom. The third kappa shape index (κ3) is 3.67. The molecule has 1 amide bonds. The van der Waals surface area contributed by atoms with E-state index in [1.807, 2.05) is 0 Å². The molecule has 130 valence electrons. The minimum absolute atomic E-state index is 0.0971. The molecule has 0 aliphatic heterocycles. The molecule has 0 atom stereocenters. The third-order valence-corrected chi connectivity index (χ3v) is 5.01. The van der Waals surface area contributed by atoms with Crippen molar-refractivity contribution in [2.75, 3.05) is 14.1 Å². The summed E-state index contributed by atoms with van der Waals surface area (Å²) >= 11 is 0. The summed E-state index contributed by atoms with van der Waals surface area (Å²) < 4.78 is 0. The molecule has 1 saturated carbocycles. The van der Waals surface area contributed by atoms with Crippen molar-refractivity contribution >= 4 is 5.91 Å². The molecule has 0 unspecified atom stereocenters. The second-order valence-corrected chi connectivity index (χ2v) is 7.10. The minimum atomic E-state index is -0.215. The first-order chi connectivity index (χ1) is 12.0. The van der Waals surface area contributed by atoms with Crippen LogP contribution in [0.3, 0.4) is 0 Å². The van der Waals surface area contributed by atoms with Crippen LogP contribution in [-0.2, 0) is 16.9 Å². The van der Waals surface area contributed by atoms with Gasteiger partial charge in [0.15, 0.2) is 0 Å². The zero-order chi connectivity index (χ0) is 17.9. The predicted octanol–water partition coefficient (Wildman–Crippen LogP) is 4.10. The van der Waals surface area contributed by atoms with E-state index in [0.717, 1.165) is 25.8 Å². The molecule has 25 heavy (non-hydrogen) atoms. The molecule has 3 heteroatoms. The van der Waals surface area contributed by atoms with Gasteiger partial charge in [0.25, 0.3) is 0 Å². The van der Waals surface area contributed by atoms with Gasteiger partial charge in [-0.1, -0.05) is 55.1 Å². The molecular formula is C22H26N2O. The van der Waals surface area contributed by atoms with Crippen LogP contribution < -0.4 is 5.32 Å². The normalized spacial score (nSPS) is 15.5. The lowest BCUT2D eigenvalue weighted by atomic mass is 9.71. The molecule has 0 aromatic heterocycles. The van der Waals surface area contributed by atoms with E-state index < -0.39 is 0 Å². The van der Waals surface area contributed by atoms with Crippen LogP contribution in [0.1, 0.15) is 30.4 Å². The Morgan fingerprint density at radius 1 is 1.16 bits per heavy atom. The van der Waals surface area contributed by atoms with E-state index in [2.05, 4.69) is 79.4 Å². The lowest BCUT2D eigenvalue weighted by molar-refractivity contribution is -0.119. The number of hydrogen-bond donors (Lipinski definition) is 1. The van der Waals surface area contributed by atoms with E-state index in [1.165, 1.54) is 28.3 Å². The molecule has 2 aromatic carbocycles. The molecule has 1 N–H and O–H groups in total. The topological polar surface area (TPSA) is 32.3 Å². The first-order valence-electron chi connectivity index (χ1n) is 8.82. The monoisotopic (exact) mass is 334 g/mol. The van der Waals surface area contributed by atoms with E-state index in [-0.39, 0.29) is 11.4 Å². The molecule has 1 aliphatic carbocycles. The molecule has 0 bridgehead atoms. The van der Waals surface area contributed by atoms with Crippen molar-refractivity contribution in [3.05, 3.63) is 72.3 Å². The SMILES string of the molecule is C=CC(=O)NC1(c2ccc(-c3ccccc3CN(C)C)cc2)CCC1. The van der Waals surface area contributed by atoms with Gasteiger partial charge in [0.1, 0.15) is 0 Å². The largest absolute Gasteiger partial charge is 0.343 e. The van der Waals surface area contributed by atoms with E-state index >= 15 is 0 Å². The summed E-state index contributed by atoms with van der Waals surface area (Å²) in [7, 11) is 4.17. The van der Waals surface area contributed by atoms with Crippen LogP contribution in [0.25, 0.3) is 11.1 Å². The van der Waals surface area contributed by atoms with Crippen LogP contribution in [0.5, 0.6) is 0 Å². The van der Waals surface area contributed by atoms with Gasteiger partial charge in [-0.25, -0.2) is 0 Å². The van der Waals surface area contributed by atoms with Crippen molar-refractivity contribution in [1.82, 2.24) is 10.2 Å². The maximum atomic E-state index is 11.8. The highest BCUT2D eigenvalue weighted by atomic mass is 16.1. The number of carbonyl (C=O) groups is 1. The van der Waals surface area contributed by atoms with Crippen molar-refractivity contribution < 1.29 is 4.79 Å². The Bertz CT molecular complexity index is 758. The van der Waals surface area contributed by atoms with Gasteiger partial charge in [-0.15, -0.1) is 0 Å². The molecule has 0 radical (unpaired) electrons. The van der Waals surface area contributed by atoms with Gasteiger partial charge in [-0.2, -0.15) is 0 Å². The average molecular weight is 334 g/mol. The number of rotatable bonds is 6. The van der Waals surface area contributed by atoms with Crippen molar-refractivity contribution in [3.63, 3.8) is 0 Å². The summed E-state index contributed by atoms with van der Waals surface area (Å²) in [6.07, 6.45) is 4.48. The van der Waals surface area contributed by atoms with Crippen molar-refractivity contribution in [2.24, 2.45) is 0 Å². The number of nitrogens with one attached hydrogen (secondary N) is 1. The molecule has 1 aliphatic rings. The third-order valence-electron chi connectivity index (χ3n) is 5.01. The van der Waals surface area contributed by atoms with Crippen LogP contribution in [0.15, 0.2) is 61.2 Å². The average Bonchev–Trinajstić information content (AvgIpc) is 2.58. The molecular weight excluding hydrogens is 308 g/mol. The van der Waals surface area contributed by atoms with Gasteiger partial charge >= 0.3 is 0 Å². The molecule has 0 saturated heterocycles. The summed E-state index contributed by atoms with van der Waals surface area (Å²) in [5.41, 5.74) is 4.76. The Kier molecular flexibility index (Phi) is 5.05. The number of nitrogens with zero attached hydrogens (tertiary/aromatic N) is 1. The smallest absolute Gasteiger partial charge is 0.244 e. The Labute approximate surface area is 150 Å². The fourth-order valence-corrected chi connectivity index (χ4v) is 3.55. The standard InChI is InChI=1S/C22H26N2O/c1-4-21(25)23-22(14-7-15-22)19-12-10-17(11-13-19)20-9-6-5-8-18(20)16-24(2)3/h4-6,8-13H,1,7,14-16H2,2-3H3,(H,23,25). The predicted molar refractivity (Wildman–Crippen MR) is 103 cm³/mol. The first kappa shape index (κ1) is 17.4. The van der Waals surface area contributed by atoms with Gasteiger partial charge < -0.3 is 10.2 Å². The van der Waals surface area contributed by atoms with Crippen molar-refractivity contribution in [2.45, 2.75) is 31.3 Å². The van der Waals surface area contributed by atoms with Gasteiger partial charge in [0.2, 0.25) is 5.91 Å². The fourth-order valence-electron chi connectivity index (χ4n) is 3.55. The molecule has 2 aromatic rings. The highest BCUT2D eigenvalue weighted by molar-refractivity contribution is 5.87. The lowest BCUT2D eigenvalue weighted by Crippen LogP contribution is -2.50. The summed E-state index contributed by atoms with van der Waals surface area (Å²) in [6, 6.07) is 17.2. The van der Waals surface area contributed by atoms with Crippen LogP contribution in [0.4, 0.5) is 0 Å². The summed E-state index contributed by atoms with van der Waals surface area (Å²) in [5.74, 6) is -0.0971. The Balaban J connectivity index is 1.88. The van der Waals surface area contributed by atoms with E-state index in [1.54, 1.807) is 0 Å². The highest BCUT2D eigenvalue weighted by Gasteiger charge is 2.39. The first-order valence-corrected chi connectivity index (χ1v) is 8.82. The van der Waals surface area contributed by atoms with Crippen molar-refractivity contribution in [1.29, 1.82) is 0 Å². The van der Waals surface area contributed by atoms with E-state index in [4.69, 9.17) is 0 Å². The highest BCUT2D eigenvalue weighted by Crippen LogP contribution is 2.41. The second-order valence-electron chi connectivity index (χ2n) is 7.10. The van der Waals surface area contributed by atoms with Crippen molar-refractivity contribution in [3.8, 4) is 11.1 Å². The number of amides is 1. The number of hydrogen-bond acceptors (Lipinski definition) is 2. The molecule has 3 rings (SSSR count). The number of benzene rings is 2. The lowest BCUT2D eigenvalue weighted by Gasteiger charge is -2.43. The fraction of sp³-hybridized carbons (Fsp3) is 0.318. The zero-order valence-electron chi connectivity index (χ0n) is 15.1. The summed E-state index contributed by atoms with van der Waals surface area (Å²) in [6.45, 7) is 4.48. The maximum absolute atomic E-state index is 11.8. The number of carbonyl (C=O) groups excluding carboxylic acids is 1. The summed E-state index contributed by atoms with van der Waals surface area (Å²) in [5, 5.41) is 3.13. The van der Waals surface area contributed by atoms with E-state index in [0.29, 0.717) is 0 Å². The quantitative estimate of drug-likeness (QED) is 0.807. The van der Waals surface area contributed by atoms with Gasteiger partial charge in [0.05, 0.1) is 5.54 Å². The second kappa shape index (κ2) is 7.24. The minimum Gasteiger partial charge on any atom is -0.343 e. The molecule has 1 fully saturated rings. The Morgan fingerprint density at radius 2 is 1.84 bits per heavy atom. The van der Waals surface area contributed by atoms with Crippen LogP contribution in [0.2, 0.25) is 0 Å². The molecule has 3 nitrogen and oxygen atoms in total. The van der Waals surface area contributed by atoms with E-state index in [9.17, 15) is 4.79 Å². The van der Waals surface area contributed by atoms with Crippen LogP contribution >= 0.6 is 0 Å². The molecule has 0 heterocycles. The van der Waals surface area contributed by atoms with Crippen LogP contribution in [0, 0.1) is 0 Å². The van der Waals surface area contributed by atoms with Gasteiger partial charge in [-0.05, 0) is 61.7 Å².